The van der Waals surface area contributed by atoms with Crippen molar-refractivity contribution < 1.29 is 9.53 Å². The third kappa shape index (κ3) is 4.81. The number of hydrogen-bond donors (Lipinski definition) is 2. The molecule has 5 nitrogen and oxygen atoms in total. The summed E-state index contributed by atoms with van der Waals surface area (Å²) in [5.74, 6) is 0.306. The molecule has 21 heavy (non-hydrogen) atoms. The van der Waals surface area contributed by atoms with E-state index >= 15 is 0 Å². The Hall–Kier alpha value is -1.98. The highest BCUT2D eigenvalue weighted by atomic mass is 35.5. The van der Waals surface area contributed by atoms with Crippen LogP contribution in [0, 0.1) is 0 Å². The normalized spacial score (nSPS) is 10.2. The van der Waals surface area contributed by atoms with Gasteiger partial charge in [-0.2, -0.15) is 0 Å². The van der Waals surface area contributed by atoms with Gasteiger partial charge in [0, 0.05) is 17.3 Å². The Labute approximate surface area is 132 Å². The molecule has 0 aliphatic rings. The molecule has 0 saturated heterocycles. The Morgan fingerprint density at radius 1 is 1.24 bits per heavy atom. The number of halogens is 2. The molecule has 0 spiro atoms. The molecule has 0 fully saturated rings. The van der Waals surface area contributed by atoms with E-state index in [4.69, 9.17) is 33.7 Å². The van der Waals surface area contributed by atoms with Crippen molar-refractivity contribution in [2.45, 2.75) is 6.42 Å². The van der Waals surface area contributed by atoms with Gasteiger partial charge in [0.2, 0.25) is 5.91 Å². The first-order chi connectivity index (χ1) is 10.0. The zero-order chi connectivity index (χ0) is 15.2. The maximum atomic E-state index is 11.8. The first-order valence-corrected chi connectivity index (χ1v) is 6.88. The van der Waals surface area contributed by atoms with Gasteiger partial charge in [-0.05, 0) is 18.2 Å². The number of aromatic nitrogens is 1. The average Bonchev–Trinajstić information content (AvgIpc) is 2.42. The lowest BCUT2D eigenvalue weighted by molar-refractivity contribution is -0.116. The number of ether oxygens (including phenoxy) is 1. The van der Waals surface area contributed by atoms with E-state index in [0.717, 1.165) is 0 Å². The second-order valence-corrected chi connectivity index (χ2v) is 5.09. The number of amides is 1. The van der Waals surface area contributed by atoms with Gasteiger partial charge in [0.1, 0.15) is 5.75 Å². The monoisotopic (exact) mass is 325 g/mol. The summed E-state index contributed by atoms with van der Waals surface area (Å²) in [6.45, 7) is 0.210. The summed E-state index contributed by atoms with van der Waals surface area (Å²) in [7, 11) is 0. The third-order valence-corrected chi connectivity index (χ3v) is 3.01. The zero-order valence-corrected chi connectivity index (χ0v) is 12.5. The molecule has 7 heteroatoms. The largest absolute Gasteiger partial charge is 0.491 e. The lowest BCUT2D eigenvalue weighted by Crippen LogP contribution is -2.16. The van der Waals surface area contributed by atoms with Crippen LogP contribution in [0.3, 0.4) is 0 Å². The number of nitrogens with zero attached hydrogens (tertiary/aromatic N) is 1. The number of nitrogens with one attached hydrogen (secondary N) is 1. The van der Waals surface area contributed by atoms with E-state index in [1.165, 1.54) is 12.4 Å². The number of pyridine rings is 1. The maximum Gasteiger partial charge on any atom is 0.227 e. The van der Waals surface area contributed by atoms with Crippen LogP contribution in [0.4, 0.5) is 11.4 Å². The Morgan fingerprint density at radius 3 is 2.76 bits per heavy atom. The van der Waals surface area contributed by atoms with E-state index in [2.05, 4.69) is 10.3 Å². The average molecular weight is 326 g/mol. The van der Waals surface area contributed by atoms with E-state index < -0.39 is 0 Å². The third-order valence-electron chi connectivity index (χ3n) is 2.57. The van der Waals surface area contributed by atoms with E-state index in [1.807, 2.05) is 0 Å². The highest BCUT2D eigenvalue weighted by Crippen LogP contribution is 2.22. The first kappa shape index (κ1) is 15.4. The molecule has 2 rings (SSSR count). The van der Waals surface area contributed by atoms with Crippen LogP contribution in [0.25, 0.3) is 0 Å². The standard InChI is InChI=1S/C14H13Cl2N3O2/c15-9-1-2-13(12(17)6-9)19-14(20)3-4-21-11-5-10(16)7-18-8-11/h1-2,5-8H,3-4,17H2,(H,19,20). The van der Waals surface area contributed by atoms with E-state index in [1.54, 1.807) is 24.3 Å². The second-order valence-electron chi connectivity index (χ2n) is 4.22. The summed E-state index contributed by atoms with van der Waals surface area (Å²) in [5, 5.41) is 3.68. The van der Waals surface area contributed by atoms with Gasteiger partial charge >= 0.3 is 0 Å². The fourth-order valence-corrected chi connectivity index (χ4v) is 1.94. The predicted octanol–water partition coefficient (Wildman–Crippen LogP) is 3.38. The number of hydrogen-bond acceptors (Lipinski definition) is 4. The molecular formula is C14H13Cl2N3O2. The summed E-state index contributed by atoms with van der Waals surface area (Å²) < 4.78 is 5.38. The smallest absolute Gasteiger partial charge is 0.227 e. The Kier molecular flexibility index (Phi) is 5.25. The van der Waals surface area contributed by atoms with Crippen molar-refractivity contribution >= 4 is 40.5 Å². The summed E-state index contributed by atoms with van der Waals surface area (Å²) >= 11 is 11.6. The molecule has 110 valence electrons. The molecule has 0 radical (unpaired) electrons. The Morgan fingerprint density at radius 2 is 2.05 bits per heavy atom. The number of carbonyl (C=O) groups excluding carboxylic acids is 1. The molecule has 0 saturated carbocycles. The van der Waals surface area contributed by atoms with Crippen molar-refractivity contribution in [3.8, 4) is 5.75 Å². The van der Waals surface area contributed by atoms with Crippen molar-refractivity contribution in [1.82, 2.24) is 4.98 Å². The summed E-state index contributed by atoms with van der Waals surface area (Å²) in [6, 6.07) is 6.51. The van der Waals surface area contributed by atoms with Gasteiger partial charge in [-0.15, -0.1) is 0 Å². The molecular weight excluding hydrogens is 313 g/mol. The van der Waals surface area contributed by atoms with Crippen molar-refractivity contribution in [1.29, 1.82) is 0 Å². The molecule has 0 aliphatic carbocycles. The molecule has 0 atom stereocenters. The molecule has 3 N–H and O–H groups in total. The van der Waals surface area contributed by atoms with Crippen LogP contribution in [-0.4, -0.2) is 17.5 Å². The second kappa shape index (κ2) is 7.15. The van der Waals surface area contributed by atoms with Gasteiger partial charge in [0.05, 0.1) is 35.6 Å². The van der Waals surface area contributed by atoms with Gasteiger partial charge in [-0.3, -0.25) is 9.78 Å². The van der Waals surface area contributed by atoms with E-state index in [0.29, 0.717) is 27.2 Å². The van der Waals surface area contributed by atoms with Crippen molar-refractivity contribution in [2.24, 2.45) is 0 Å². The first-order valence-electron chi connectivity index (χ1n) is 6.13. The van der Waals surface area contributed by atoms with Crippen molar-refractivity contribution in [3.05, 3.63) is 46.7 Å². The molecule has 0 aliphatic heterocycles. The maximum absolute atomic E-state index is 11.8. The molecule has 1 aromatic carbocycles. The number of benzene rings is 1. The van der Waals surface area contributed by atoms with Crippen LogP contribution in [0.5, 0.6) is 5.75 Å². The lowest BCUT2D eigenvalue weighted by atomic mass is 10.2. The van der Waals surface area contributed by atoms with Gasteiger partial charge in [-0.1, -0.05) is 23.2 Å². The topological polar surface area (TPSA) is 77.2 Å². The number of carbonyl (C=O) groups is 1. The van der Waals surface area contributed by atoms with Gasteiger partial charge in [-0.25, -0.2) is 0 Å². The van der Waals surface area contributed by atoms with Crippen molar-refractivity contribution in [2.75, 3.05) is 17.7 Å². The lowest BCUT2D eigenvalue weighted by Gasteiger charge is -2.09. The number of nitrogens with two attached hydrogens (primary N) is 1. The van der Waals surface area contributed by atoms with Crippen LogP contribution in [0.15, 0.2) is 36.7 Å². The van der Waals surface area contributed by atoms with Crippen LogP contribution in [0.1, 0.15) is 6.42 Å². The minimum Gasteiger partial charge on any atom is -0.491 e. The quantitative estimate of drug-likeness (QED) is 0.826. The van der Waals surface area contributed by atoms with Gasteiger partial charge in [0.15, 0.2) is 0 Å². The highest BCUT2D eigenvalue weighted by molar-refractivity contribution is 6.31. The summed E-state index contributed by atoms with van der Waals surface area (Å²) in [5.41, 5.74) is 6.69. The Bertz CT molecular complexity index is 650. The van der Waals surface area contributed by atoms with Gasteiger partial charge in [0.25, 0.3) is 0 Å². The minimum absolute atomic E-state index is 0.175. The van der Waals surface area contributed by atoms with Crippen LogP contribution < -0.4 is 15.8 Å². The highest BCUT2D eigenvalue weighted by Gasteiger charge is 2.06. The molecule has 0 bridgehead atoms. The van der Waals surface area contributed by atoms with Crippen LogP contribution in [0.2, 0.25) is 10.0 Å². The minimum atomic E-state index is -0.209. The predicted molar refractivity (Wildman–Crippen MR) is 83.9 cm³/mol. The van der Waals surface area contributed by atoms with Crippen molar-refractivity contribution in [3.63, 3.8) is 0 Å². The Balaban J connectivity index is 1.82. The molecule has 0 unspecified atom stereocenters. The van der Waals surface area contributed by atoms with E-state index in [9.17, 15) is 4.79 Å². The zero-order valence-electron chi connectivity index (χ0n) is 11.0. The molecule has 1 heterocycles. The number of anilines is 2. The van der Waals surface area contributed by atoms with E-state index in [-0.39, 0.29) is 18.9 Å². The van der Waals surface area contributed by atoms with Gasteiger partial charge < -0.3 is 15.8 Å². The SMILES string of the molecule is Nc1cc(Cl)ccc1NC(=O)CCOc1cncc(Cl)c1. The number of nitrogen functional groups attached to an aromatic ring is 1. The summed E-state index contributed by atoms with van der Waals surface area (Å²) in [4.78, 5) is 15.7. The fraction of sp³-hybridized carbons (Fsp3) is 0.143. The fourth-order valence-electron chi connectivity index (χ4n) is 1.59. The summed E-state index contributed by atoms with van der Waals surface area (Å²) in [6.07, 6.45) is 3.21. The molecule has 2 aromatic rings. The molecule has 1 aromatic heterocycles. The van der Waals surface area contributed by atoms with Crippen LogP contribution >= 0.6 is 23.2 Å². The molecule has 1 amide bonds. The van der Waals surface area contributed by atoms with Crippen LogP contribution in [-0.2, 0) is 4.79 Å². The number of rotatable bonds is 5.